The zero-order valence-corrected chi connectivity index (χ0v) is 27.1. The highest BCUT2D eigenvalue weighted by Gasteiger charge is 2.17. The summed E-state index contributed by atoms with van der Waals surface area (Å²) >= 11 is 10.6. The standard InChI is InChI=1S/C38H36BrClN2O2/c1-26-13-15-28(16-14-26)20-36(27(2)43)42-24-33-21-35(40)37(22-31(33)18-17-29-8-7-19-41-23-29)44-25-32-11-6-12-34(38(32)39)30-9-4-3-5-10-30/h3-16,19,21-23,36,42-43H,2,17-18,20,24-25H2,1H3. The first-order chi connectivity index (χ1) is 21.4. The van der Waals surface area contributed by atoms with E-state index < -0.39 is 0 Å². The van der Waals surface area contributed by atoms with Crippen molar-refractivity contribution in [1.82, 2.24) is 10.3 Å². The molecule has 4 aromatic carbocycles. The van der Waals surface area contributed by atoms with E-state index in [0.717, 1.165) is 56.3 Å². The zero-order chi connectivity index (χ0) is 30.9. The van der Waals surface area contributed by atoms with Crippen LogP contribution in [0.1, 0.15) is 33.4 Å². The molecule has 224 valence electrons. The molecule has 0 aliphatic carbocycles. The van der Waals surface area contributed by atoms with Crippen molar-refractivity contribution in [2.24, 2.45) is 0 Å². The molecule has 1 atom stereocenters. The van der Waals surface area contributed by atoms with E-state index in [1.807, 2.05) is 48.7 Å². The Kier molecular flexibility index (Phi) is 10.9. The average Bonchev–Trinajstić information content (AvgIpc) is 3.04. The van der Waals surface area contributed by atoms with Crippen LogP contribution in [0.5, 0.6) is 5.75 Å². The van der Waals surface area contributed by atoms with Gasteiger partial charge < -0.3 is 15.2 Å². The minimum Gasteiger partial charge on any atom is -0.511 e. The molecule has 5 rings (SSSR count). The van der Waals surface area contributed by atoms with Gasteiger partial charge in [-0.2, -0.15) is 0 Å². The smallest absolute Gasteiger partial charge is 0.138 e. The van der Waals surface area contributed by atoms with Gasteiger partial charge in [-0.05, 0) is 93.7 Å². The van der Waals surface area contributed by atoms with Crippen LogP contribution in [-0.2, 0) is 32.4 Å². The lowest BCUT2D eigenvalue weighted by molar-refractivity contribution is 0.305. The largest absolute Gasteiger partial charge is 0.511 e. The Hall–Kier alpha value is -3.90. The molecule has 5 aromatic rings. The lowest BCUT2D eigenvalue weighted by Gasteiger charge is -2.20. The van der Waals surface area contributed by atoms with Gasteiger partial charge in [-0.25, -0.2) is 0 Å². The summed E-state index contributed by atoms with van der Waals surface area (Å²) in [5, 5.41) is 14.5. The Morgan fingerprint density at radius 2 is 1.70 bits per heavy atom. The van der Waals surface area contributed by atoms with Crippen molar-refractivity contribution < 1.29 is 9.84 Å². The van der Waals surface area contributed by atoms with Crippen LogP contribution in [0.3, 0.4) is 0 Å². The number of aliphatic hydroxyl groups excluding tert-OH is 1. The molecule has 0 fully saturated rings. The topological polar surface area (TPSA) is 54.4 Å². The van der Waals surface area contributed by atoms with Gasteiger partial charge in [-0.3, -0.25) is 4.98 Å². The second-order valence-corrected chi connectivity index (χ2v) is 12.2. The van der Waals surface area contributed by atoms with Crippen molar-refractivity contribution in [3.05, 3.63) is 165 Å². The van der Waals surface area contributed by atoms with E-state index in [0.29, 0.717) is 30.3 Å². The van der Waals surface area contributed by atoms with Gasteiger partial charge in [0.2, 0.25) is 0 Å². The van der Waals surface area contributed by atoms with Crippen molar-refractivity contribution in [3.8, 4) is 16.9 Å². The van der Waals surface area contributed by atoms with E-state index in [4.69, 9.17) is 16.3 Å². The average molecular weight is 668 g/mol. The quantitative estimate of drug-likeness (QED) is 0.123. The van der Waals surface area contributed by atoms with E-state index in [-0.39, 0.29) is 11.8 Å². The molecule has 1 aromatic heterocycles. The first-order valence-electron chi connectivity index (χ1n) is 14.7. The molecule has 0 saturated carbocycles. The Morgan fingerprint density at radius 1 is 0.909 bits per heavy atom. The summed E-state index contributed by atoms with van der Waals surface area (Å²) in [4.78, 5) is 4.28. The van der Waals surface area contributed by atoms with E-state index in [1.165, 1.54) is 5.56 Å². The monoisotopic (exact) mass is 666 g/mol. The minimum atomic E-state index is -0.298. The van der Waals surface area contributed by atoms with E-state index in [2.05, 4.69) is 94.3 Å². The van der Waals surface area contributed by atoms with Gasteiger partial charge in [0.05, 0.1) is 11.1 Å². The van der Waals surface area contributed by atoms with Crippen LogP contribution in [0.25, 0.3) is 11.1 Å². The van der Waals surface area contributed by atoms with E-state index in [9.17, 15) is 5.11 Å². The summed E-state index contributed by atoms with van der Waals surface area (Å²) in [6.45, 7) is 6.78. The number of nitrogens with one attached hydrogen (secondary N) is 1. The number of hydrogen-bond donors (Lipinski definition) is 2. The summed E-state index contributed by atoms with van der Waals surface area (Å²) in [5.74, 6) is 0.744. The molecule has 0 radical (unpaired) electrons. The fraction of sp³-hybridized carbons (Fsp3) is 0.184. The molecule has 0 spiro atoms. The SMILES string of the molecule is C=C(O)C(Cc1ccc(C)cc1)NCc1cc(Cl)c(OCc2cccc(-c3ccccc3)c2Br)cc1CCc1cccnc1. The van der Waals surface area contributed by atoms with Crippen molar-refractivity contribution in [1.29, 1.82) is 0 Å². The van der Waals surface area contributed by atoms with Gasteiger partial charge in [0.1, 0.15) is 18.1 Å². The van der Waals surface area contributed by atoms with Crippen molar-refractivity contribution in [2.45, 2.75) is 45.4 Å². The Bertz CT molecular complexity index is 1690. The van der Waals surface area contributed by atoms with Crippen LogP contribution in [-0.4, -0.2) is 16.1 Å². The van der Waals surface area contributed by atoms with Crippen molar-refractivity contribution in [2.75, 3.05) is 0 Å². The molecule has 0 aliphatic heterocycles. The van der Waals surface area contributed by atoms with Gasteiger partial charge >= 0.3 is 0 Å². The summed E-state index contributed by atoms with van der Waals surface area (Å²) in [7, 11) is 0. The van der Waals surface area contributed by atoms with Gasteiger partial charge in [0.15, 0.2) is 0 Å². The van der Waals surface area contributed by atoms with Gasteiger partial charge in [-0.1, -0.05) is 103 Å². The maximum atomic E-state index is 10.4. The van der Waals surface area contributed by atoms with Crippen LogP contribution in [0.4, 0.5) is 0 Å². The Labute approximate surface area is 273 Å². The Morgan fingerprint density at radius 3 is 2.43 bits per heavy atom. The molecule has 1 heterocycles. The summed E-state index contributed by atoms with van der Waals surface area (Å²) in [6.07, 6.45) is 5.93. The predicted molar refractivity (Wildman–Crippen MR) is 184 cm³/mol. The van der Waals surface area contributed by atoms with Crippen LogP contribution >= 0.6 is 27.5 Å². The molecule has 0 saturated heterocycles. The summed E-state index contributed by atoms with van der Waals surface area (Å²) < 4.78 is 7.35. The van der Waals surface area contributed by atoms with E-state index in [1.54, 1.807) is 6.20 Å². The molecule has 0 aliphatic rings. The number of ether oxygens (including phenoxy) is 1. The van der Waals surface area contributed by atoms with Crippen molar-refractivity contribution in [3.63, 3.8) is 0 Å². The third-order valence-electron chi connectivity index (χ3n) is 7.71. The predicted octanol–water partition coefficient (Wildman–Crippen LogP) is 9.61. The highest BCUT2D eigenvalue weighted by atomic mass is 79.9. The molecular weight excluding hydrogens is 632 g/mol. The molecule has 44 heavy (non-hydrogen) atoms. The molecular formula is C38H36BrClN2O2. The first kappa shape index (κ1) is 31.5. The van der Waals surface area contributed by atoms with Crippen LogP contribution < -0.4 is 10.1 Å². The highest BCUT2D eigenvalue weighted by Crippen LogP contribution is 2.34. The number of aliphatic hydroxyl groups is 1. The number of hydrogen-bond acceptors (Lipinski definition) is 4. The third kappa shape index (κ3) is 8.38. The van der Waals surface area contributed by atoms with Gasteiger partial charge in [0, 0.05) is 29.0 Å². The van der Waals surface area contributed by atoms with Crippen LogP contribution in [0.2, 0.25) is 5.02 Å². The molecule has 0 amide bonds. The number of pyridine rings is 1. The maximum absolute atomic E-state index is 10.4. The number of aryl methyl sites for hydroxylation is 3. The molecule has 6 heteroatoms. The van der Waals surface area contributed by atoms with E-state index >= 15 is 0 Å². The minimum absolute atomic E-state index is 0.108. The van der Waals surface area contributed by atoms with Crippen molar-refractivity contribution >= 4 is 27.5 Å². The fourth-order valence-electron chi connectivity index (χ4n) is 5.16. The molecule has 1 unspecified atom stereocenters. The van der Waals surface area contributed by atoms with Crippen LogP contribution in [0, 0.1) is 6.92 Å². The lowest BCUT2D eigenvalue weighted by atomic mass is 9.98. The zero-order valence-electron chi connectivity index (χ0n) is 24.8. The van der Waals surface area contributed by atoms with Crippen LogP contribution in [0.15, 0.2) is 126 Å². The molecule has 4 nitrogen and oxygen atoms in total. The third-order valence-corrected chi connectivity index (χ3v) is 8.94. The van der Waals surface area contributed by atoms with Gasteiger partial charge in [-0.15, -0.1) is 0 Å². The normalized spacial score (nSPS) is 11.7. The number of halogens is 2. The van der Waals surface area contributed by atoms with Gasteiger partial charge in [0.25, 0.3) is 0 Å². The number of aromatic nitrogens is 1. The summed E-state index contributed by atoms with van der Waals surface area (Å²) in [5.41, 5.74) is 8.94. The second-order valence-electron chi connectivity index (χ2n) is 11.0. The number of benzene rings is 4. The Balaban J connectivity index is 1.36. The molecule has 2 N–H and O–H groups in total. The first-order valence-corrected chi connectivity index (χ1v) is 15.9. The fourth-order valence-corrected chi connectivity index (χ4v) is 6.01. The lowest BCUT2D eigenvalue weighted by Crippen LogP contribution is -2.32. The highest BCUT2D eigenvalue weighted by molar-refractivity contribution is 9.10. The second kappa shape index (κ2) is 15.2. The number of rotatable bonds is 13. The molecule has 0 bridgehead atoms. The summed E-state index contributed by atoms with van der Waals surface area (Å²) in [6, 6.07) is 32.6. The number of nitrogens with zero attached hydrogens (tertiary/aromatic N) is 1. The maximum Gasteiger partial charge on any atom is 0.138 e.